The van der Waals surface area contributed by atoms with E-state index >= 15 is 0 Å². The van der Waals surface area contributed by atoms with Crippen LogP contribution >= 0.6 is 11.8 Å². The van der Waals surface area contributed by atoms with E-state index in [9.17, 15) is 0 Å². The number of thioether (sulfide) groups is 1. The number of pyridine rings is 1. The standard InChI is InChI=1S/C18H24N2S/c1-4-10-19-17(16-8-6-5-7-9-16)13-21-18-12-14(2)11-15(3)20-18/h5-9,11-12,17,19H,4,10,13H2,1-3H3. The van der Waals surface area contributed by atoms with Crippen molar-refractivity contribution in [2.75, 3.05) is 12.3 Å². The number of nitrogens with one attached hydrogen (secondary N) is 1. The summed E-state index contributed by atoms with van der Waals surface area (Å²) in [5, 5.41) is 4.75. The number of nitrogens with zero attached hydrogens (tertiary/aromatic N) is 1. The van der Waals surface area contributed by atoms with Gasteiger partial charge in [0, 0.05) is 17.5 Å². The van der Waals surface area contributed by atoms with Gasteiger partial charge in [-0.3, -0.25) is 0 Å². The van der Waals surface area contributed by atoms with Crippen molar-refractivity contribution >= 4 is 11.8 Å². The smallest absolute Gasteiger partial charge is 0.0966 e. The number of benzene rings is 1. The van der Waals surface area contributed by atoms with E-state index in [0.717, 1.165) is 29.4 Å². The summed E-state index contributed by atoms with van der Waals surface area (Å²) < 4.78 is 0. The largest absolute Gasteiger partial charge is 0.309 e. The van der Waals surface area contributed by atoms with E-state index in [4.69, 9.17) is 0 Å². The lowest BCUT2D eigenvalue weighted by Crippen LogP contribution is -2.24. The molecule has 1 aromatic carbocycles. The molecule has 0 saturated carbocycles. The second-order valence-electron chi connectivity index (χ2n) is 5.35. The maximum Gasteiger partial charge on any atom is 0.0966 e. The van der Waals surface area contributed by atoms with Crippen LogP contribution in [0.4, 0.5) is 0 Å². The topological polar surface area (TPSA) is 24.9 Å². The van der Waals surface area contributed by atoms with Crippen molar-refractivity contribution < 1.29 is 0 Å². The first-order valence-corrected chi connectivity index (χ1v) is 8.54. The van der Waals surface area contributed by atoms with Crippen LogP contribution in [0.3, 0.4) is 0 Å². The van der Waals surface area contributed by atoms with Gasteiger partial charge in [0.2, 0.25) is 0 Å². The molecule has 0 spiro atoms. The maximum atomic E-state index is 4.62. The highest BCUT2D eigenvalue weighted by atomic mass is 32.2. The first kappa shape index (κ1) is 16.1. The van der Waals surface area contributed by atoms with Crippen molar-refractivity contribution in [3.63, 3.8) is 0 Å². The van der Waals surface area contributed by atoms with E-state index in [0.29, 0.717) is 6.04 Å². The minimum Gasteiger partial charge on any atom is -0.309 e. The van der Waals surface area contributed by atoms with Crippen LogP contribution < -0.4 is 5.32 Å². The summed E-state index contributed by atoms with van der Waals surface area (Å²) in [7, 11) is 0. The van der Waals surface area contributed by atoms with Gasteiger partial charge in [0.15, 0.2) is 0 Å². The lowest BCUT2D eigenvalue weighted by Gasteiger charge is -2.18. The summed E-state index contributed by atoms with van der Waals surface area (Å²) in [6, 6.07) is 15.3. The van der Waals surface area contributed by atoms with Gasteiger partial charge in [-0.2, -0.15) is 0 Å². The summed E-state index contributed by atoms with van der Waals surface area (Å²) in [6.07, 6.45) is 1.15. The first-order chi connectivity index (χ1) is 10.2. The van der Waals surface area contributed by atoms with E-state index < -0.39 is 0 Å². The molecule has 2 nitrogen and oxygen atoms in total. The average molecular weight is 300 g/mol. The summed E-state index contributed by atoms with van der Waals surface area (Å²) in [5.74, 6) is 1.000. The molecule has 0 fully saturated rings. The van der Waals surface area contributed by atoms with E-state index in [2.05, 4.69) is 73.5 Å². The number of aromatic nitrogens is 1. The van der Waals surface area contributed by atoms with Crippen LogP contribution in [-0.2, 0) is 0 Å². The Morgan fingerprint density at radius 2 is 1.90 bits per heavy atom. The predicted octanol–water partition coefficient (Wildman–Crippen LogP) is 4.53. The van der Waals surface area contributed by atoms with Crippen LogP contribution in [0.25, 0.3) is 0 Å². The Bertz CT molecular complexity index is 534. The highest BCUT2D eigenvalue weighted by Gasteiger charge is 2.11. The predicted molar refractivity (Wildman–Crippen MR) is 91.9 cm³/mol. The fraction of sp³-hybridized carbons (Fsp3) is 0.389. The molecule has 0 bridgehead atoms. The zero-order chi connectivity index (χ0) is 15.1. The van der Waals surface area contributed by atoms with Crippen LogP contribution in [0.15, 0.2) is 47.5 Å². The average Bonchev–Trinajstić information content (AvgIpc) is 2.47. The molecule has 0 saturated heterocycles. The Labute approximate surface area is 132 Å². The van der Waals surface area contributed by atoms with Gasteiger partial charge in [0.25, 0.3) is 0 Å². The van der Waals surface area contributed by atoms with Crippen molar-refractivity contribution in [2.45, 2.75) is 38.3 Å². The molecule has 0 radical (unpaired) electrons. The Hall–Kier alpha value is -1.32. The zero-order valence-corrected chi connectivity index (χ0v) is 13.9. The van der Waals surface area contributed by atoms with Gasteiger partial charge in [-0.25, -0.2) is 4.98 Å². The molecule has 0 amide bonds. The molecule has 2 rings (SSSR count). The first-order valence-electron chi connectivity index (χ1n) is 7.55. The van der Waals surface area contributed by atoms with Crippen molar-refractivity contribution in [3.05, 3.63) is 59.3 Å². The number of hydrogen-bond acceptors (Lipinski definition) is 3. The third-order valence-corrected chi connectivity index (χ3v) is 4.32. The molecule has 1 atom stereocenters. The Morgan fingerprint density at radius 3 is 2.57 bits per heavy atom. The van der Waals surface area contributed by atoms with Crippen molar-refractivity contribution in [1.82, 2.24) is 10.3 Å². The number of rotatable bonds is 7. The lowest BCUT2D eigenvalue weighted by molar-refractivity contribution is 0.577. The van der Waals surface area contributed by atoms with Crippen molar-refractivity contribution in [1.29, 1.82) is 0 Å². The maximum absolute atomic E-state index is 4.62. The molecular weight excluding hydrogens is 276 g/mol. The monoisotopic (exact) mass is 300 g/mol. The molecule has 21 heavy (non-hydrogen) atoms. The fourth-order valence-electron chi connectivity index (χ4n) is 2.32. The normalized spacial score (nSPS) is 12.3. The molecule has 112 valence electrons. The van der Waals surface area contributed by atoms with Crippen LogP contribution in [0.2, 0.25) is 0 Å². The van der Waals surface area contributed by atoms with Crippen LogP contribution in [0, 0.1) is 13.8 Å². The second kappa shape index (κ2) is 8.20. The minimum atomic E-state index is 0.374. The number of aryl methyl sites for hydroxylation is 2. The molecule has 0 aliphatic carbocycles. The lowest BCUT2D eigenvalue weighted by atomic mass is 10.1. The van der Waals surface area contributed by atoms with Gasteiger partial charge >= 0.3 is 0 Å². The quantitative estimate of drug-likeness (QED) is 0.760. The van der Waals surface area contributed by atoms with E-state index in [1.54, 1.807) is 0 Å². The van der Waals surface area contributed by atoms with E-state index in [1.807, 2.05) is 11.8 Å². The van der Waals surface area contributed by atoms with Crippen LogP contribution in [0.1, 0.15) is 36.2 Å². The molecule has 0 aliphatic heterocycles. The van der Waals surface area contributed by atoms with Gasteiger partial charge < -0.3 is 5.32 Å². The molecular formula is C18H24N2S. The highest BCUT2D eigenvalue weighted by Crippen LogP contribution is 2.24. The Morgan fingerprint density at radius 1 is 1.14 bits per heavy atom. The van der Waals surface area contributed by atoms with Gasteiger partial charge in [0.05, 0.1) is 5.03 Å². The summed E-state index contributed by atoms with van der Waals surface area (Å²) in [4.78, 5) is 4.62. The Balaban J connectivity index is 2.05. The Kier molecular flexibility index (Phi) is 6.27. The van der Waals surface area contributed by atoms with Crippen molar-refractivity contribution in [2.24, 2.45) is 0 Å². The third-order valence-electron chi connectivity index (χ3n) is 3.31. The molecule has 2 aromatic rings. The SMILES string of the molecule is CCCNC(CSc1cc(C)cc(C)n1)c1ccccc1. The zero-order valence-electron chi connectivity index (χ0n) is 13.1. The molecule has 3 heteroatoms. The van der Waals surface area contributed by atoms with Gasteiger partial charge in [-0.05, 0) is 50.1 Å². The third kappa shape index (κ3) is 5.18. The molecule has 0 aliphatic rings. The molecule has 1 unspecified atom stereocenters. The molecule has 1 N–H and O–H groups in total. The van der Waals surface area contributed by atoms with E-state index in [1.165, 1.54) is 11.1 Å². The van der Waals surface area contributed by atoms with Gasteiger partial charge in [0.1, 0.15) is 0 Å². The summed E-state index contributed by atoms with van der Waals surface area (Å²) in [6.45, 7) is 7.43. The minimum absolute atomic E-state index is 0.374. The summed E-state index contributed by atoms with van der Waals surface area (Å²) in [5.41, 5.74) is 3.72. The number of hydrogen-bond donors (Lipinski definition) is 1. The van der Waals surface area contributed by atoms with Gasteiger partial charge in [-0.1, -0.05) is 37.3 Å². The fourth-order valence-corrected chi connectivity index (χ4v) is 3.45. The van der Waals surface area contributed by atoms with E-state index in [-0.39, 0.29) is 0 Å². The molecule has 1 aromatic heterocycles. The molecule has 1 heterocycles. The van der Waals surface area contributed by atoms with Gasteiger partial charge in [-0.15, -0.1) is 11.8 Å². The van der Waals surface area contributed by atoms with Crippen molar-refractivity contribution in [3.8, 4) is 0 Å². The highest BCUT2D eigenvalue weighted by molar-refractivity contribution is 7.99. The van der Waals surface area contributed by atoms with Crippen LogP contribution in [0.5, 0.6) is 0 Å². The van der Waals surface area contributed by atoms with Crippen LogP contribution in [-0.4, -0.2) is 17.3 Å². The summed E-state index contributed by atoms with van der Waals surface area (Å²) >= 11 is 1.83. The second-order valence-corrected chi connectivity index (χ2v) is 6.39.